The van der Waals surface area contributed by atoms with Crippen LogP contribution in [0.25, 0.3) is 87.9 Å². The molecular formula is C54H33N3. The lowest BCUT2D eigenvalue weighted by Crippen LogP contribution is -2.28. The van der Waals surface area contributed by atoms with Gasteiger partial charge in [-0.1, -0.05) is 170 Å². The molecule has 0 bridgehead atoms. The van der Waals surface area contributed by atoms with E-state index < -0.39 is 5.41 Å². The largest absolute Gasteiger partial charge is 0.254 e. The van der Waals surface area contributed by atoms with Gasteiger partial charge in [-0.05, 0) is 79.2 Å². The highest BCUT2D eigenvalue weighted by Gasteiger charge is 2.46. The molecule has 3 aromatic heterocycles. The van der Waals surface area contributed by atoms with Crippen molar-refractivity contribution in [2.24, 2.45) is 0 Å². The van der Waals surface area contributed by atoms with Crippen LogP contribution in [0.5, 0.6) is 0 Å². The Balaban J connectivity index is 1.10. The van der Waals surface area contributed by atoms with E-state index in [1.807, 2.05) is 12.3 Å². The molecule has 0 unspecified atom stereocenters. The van der Waals surface area contributed by atoms with Gasteiger partial charge in [0.2, 0.25) is 0 Å². The van der Waals surface area contributed by atoms with Gasteiger partial charge in [0.1, 0.15) is 0 Å². The van der Waals surface area contributed by atoms with Crippen molar-refractivity contribution in [3.05, 3.63) is 223 Å². The standard InChI is InChI=1S/C54H33N3/c1-3-15-36(16-4-1)54(37-17-5-2-6-18-37)44-24-12-11-23-42(44)49-43-28-31-47(56-46(43)32-29-45(49)54)50-38-19-7-9-21-40(38)51(41-22-10-8-20-39(41)50)48-30-27-35-26-25-34-14-13-33-55-52(34)53(35)57-48/h1-33H. The third-order valence-electron chi connectivity index (χ3n) is 12.2. The third kappa shape index (κ3) is 4.51. The Kier molecular flexibility index (Phi) is 6.84. The van der Waals surface area contributed by atoms with E-state index in [-0.39, 0.29) is 0 Å². The first-order valence-electron chi connectivity index (χ1n) is 19.5. The lowest BCUT2D eigenvalue weighted by atomic mass is 9.67. The van der Waals surface area contributed by atoms with Crippen LogP contribution in [0.1, 0.15) is 22.3 Å². The summed E-state index contributed by atoms with van der Waals surface area (Å²) in [4.78, 5) is 15.6. The highest BCUT2D eigenvalue weighted by Crippen LogP contribution is 2.57. The second kappa shape index (κ2) is 12.3. The lowest BCUT2D eigenvalue weighted by Gasteiger charge is -2.33. The molecule has 8 aromatic carbocycles. The number of nitrogens with zero attached hydrogens (tertiary/aromatic N) is 3. The molecule has 0 fully saturated rings. The number of pyridine rings is 3. The summed E-state index contributed by atoms with van der Waals surface area (Å²) in [6.45, 7) is 0. The molecule has 57 heavy (non-hydrogen) atoms. The molecule has 3 heteroatoms. The molecule has 1 aliphatic rings. The zero-order valence-electron chi connectivity index (χ0n) is 30.9. The zero-order valence-corrected chi connectivity index (χ0v) is 30.9. The van der Waals surface area contributed by atoms with Crippen LogP contribution in [-0.4, -0.2) is 15.0 Å². The Morgan fingerprint density at radius 2 is 0.877 bits per heavy atom. The van der Waals surface area contributed by atoms with Crippen LogP contribution in [0.3, 0.4) is 0 Å². The fourth-order valence-corrected chi connectivity index (χ4v) is 9.83. The highest BCUT2D eigenvalue weighted by atomic mass is 14.8. The summed E-state index contributed by atoms with van der Waals surface area (Å²) in [6.07, 6.45) is 1.85. The van der Waals surface area contributed by atoms with Crippen molar-refractivity contribution in [2.75, 3.05) is 0 Å². The third-order valence-corrected chi connectivity index (χ3v) is 12.2. The van der Waals surface area contributed by atoms with Gasteiger partial charge in [-0.2, -0.15) is 0 Å². The Morgan fingerprint density at radius 3 is 1.54 bits per heavy atom. The molecule has 3 heterocycles. The van der Waals surface area contributed by atoms with E-state index in [1.54, 1.807) is 0 Å². The molecule has 0 atom stereocenters. The molecule has 0 saturated heterocycles. The topological polar surface area (TPSA) is 38.7 Å². The molecule has 11 aromatic rings. The van der Waals surface area contributed by atoms with Crippen molar-refractivity contribution in [1.82, 2.24) is 15.0 Å². The number of hydrogen-bond donors (Lipinski definition) is 0. The summed E-state index contributed by atoms with van der Waals surface area (Å²) in [6, 6.07) is 70.1. The van der Waals surface area contributed by atoms with Crippen molar-refractivity contribution in [1.29, 1.82) is 0 Å². The van der Waals surface area contributed by atoms with Crippen molar-refractivity contribution in [2.45, 2.75) is 5.41 Å². The number of fused-ring (bicyclic) bond motifs is 10. The Labute approximate surface area is 329 Å². The average Bonchev–Trinajstić information content (AvgIpc) is 3.60. The molecule has 0 amide bonds. The van der Waals surface area contributed by atoms with Crippen LogP contribution in [-0.2, 0) is 5.41 Å². The monoisotopic (exact) mass is 723 g/mol. The number of aromatic nitrogens is 3. The smallest absolute Gasteiger partial charge is 0.0972 e. The highest BCUT2D eigenvalue weighted by molar-refractivity contribution is 6.21. The van der Waals surface area contributed by atoms with Crippen LogP contribution in [0.4, 0.5) is 0 Å². The van der Waals surface area contributed by atoms with Gasteiger partial charge in [-0.3, -0.25) is 4.98 Å². The number of hydrogen-bond acceptors (Lipinski definition) is 3. The summed E-state index contributed by atoms with van der Waals surface area (Å²) in [5, 5.41) is 7.91. The fraction of sp³-hybridized carbons (Fsp3) is 0.0185. The van der Waals surface area contributed by atoms with Crippen LogP contribution < -0.4 is 0 Å². The lowest BCUT2D eigenvalue weighted by molar-refractivity contribution is 0.769. The summed E-state index contributed by atoms with van der Waals surface area (Å²) in [5.74, 6) is 0. The fourth-order valence-electron chi connectivity index (χ4n) is 9.83. The first kappa shape index (κ1) is 31.8. The van der Waals surface area contributed by atoms with Gasteiger partial charge in [0.25, 0.3) is 0 Å². The predicted octanol–water partition coefficient (Wildman–Crippen LogP) is 13.3. The first-order valence-corrected chi connectivity index (χ1v) is 19.5. The average molecular weight is 724 g/mol. The first-order chi connectivity index (χ1) is 28.3. The van der Waals surface area contributed by atoms with Gasteiger partial charge >= 0.3 is 0 Å². The quantitative estimate of drug-likeness (QED) is 0.134. The van der Waals surface area contributed by atoms with Crippen molar-refractivity contribution in [3.8, 4) is 33.6 Å². The van der Waals surface area contributed by atoms with E-state index in [9.17, 15) is 0 Å². The Bertz CT molecular complexity index is 3310. The normalized spacial score (nSPS) is 13.1. The molecule has 3 nitrogen and oxygen atoms in total. The molecular weight excluding hydrogens is 691 g/mol. The summed E-state index contributed by atoms with van der Waals surface area (Å²) in [7, 11) is 0. The van der Waals surface area contributed by atoms with Crippen LogP contribution in [0.2, 0.25) is 0 Å². The van der Waals surface area contributed by atoms with E-state index in [0.29, 0.717) is 0 Å². The van der Waals surface area contributed by atoms with Gasteiger partial charge in [0.15, 0.2) is 0 Å². The molecule has 0 aliphatic heterocycles. The minimum atomic E-state index is -0.456. The molecule has 0 spiro atoms. The summed E-state index contributed by atoms with van der Waals surface area (Å²) < 4.78 is 0. The molecule has 0 saturated carbocycles. The molecule has 0 radical (unpaired) electrons. The predicted molar refractivity (Wildman–Crippen MR) is 236 cm³/mol. The van der Waals surface area contributed by atoms with Gasteiger partial charge in [0, 0.05) is 33.5 Å². The maximum absolute atomic E-state index is 5.54. The van der Waals surface area contributed by atoms with Crippen LogP contribution in [0.15, 0.2) is 200 Å². The van der Waals surface area contributed by atoms with Gasteiger partial charge in [-0.25, -0.2) is 9.97 Å². The second-order valence-electron chi connectivity index (χ2n) is 15.0. The summed E-state index contributed by atoms with van der Waals surface area (Å²) in [5.41, 5.74) is 14.1. The maximum Gasteiger partial charge on any atom is 0.0972 e. The summed E-state index contributed by atoms with van der Waals surface area (Å²) >= 11 is 0. The van der Waals surface area contributed by atoms with Crippen LogP contribution >= 0.6 is 0 Å². The van der Waals surface area contributed by atoms with Crippen molar-refractivity contribution < 1.29 is 0 Å². The second-order valence-corrected chi connectivity index (χ2v) is 15.0. The van der Waals surface area contributed by atoms with E-state index in [0.717, 1.165) is 76.8 Å². The molecule has 264 valence electrons. The van der Waals surface area contributed by atoms with E-state index in [4.69, 9.17) is 15.0 Å². The van der Waals surface area contributed by atoms with Crippen molar-refractivity contribution in [3.63, 3.8) is 0 Å². The van der Waals surface area contributed by atoms with E-state index in [1.165, 1.54) is 33.4 Å². The van der Waals surface area contributed by atoms with E-state index in [2.05, 4.69) is 188 Å². The number of benzene rings is 8. The Hall–Kier alpha value is -7.49. The van der Waals surface area contributed by atoms with Gasteiger partial charge in [0.05, 0.1) is 33.4 Å². The zero-order chi connectivity index (χ0) is 37.5. The molecule has 0 N–H and O–H groups in total. The van der Waals surface area contributed by atoms with Crippen molar-refractivity contribution >= 4 is 54.3 Å². The SMILES string of the molecule is c1ccc(C2(c3ccccc3)c3ccccc3-c3c2ccc2nc(-c4c5ccccc5c(-c5ccc6ccc7cccnc7c6n5)c5ccccc45)ccc32)cc1. The molecule has 1 aliphatic carbocycles. The number of rotatable bonds is 4. The Morgan fingerprint density at radius 1 is 0.333 bits per heavy atom. The van der Waals surface area contributed by atoms with E-state index >= 15 is 0 Å². The van der Waals surface area contributed by atoms with Crippen LogP contribution in [0, 0.1) is 0 Å². The molecule has 12 rings (SSSR count). The van der Waals surface area contributed by atoms with Gasteiger partial charge in [-0.15, -0.1) is 0 Å². The van der Waals surface area contributed by atoms with Gasteiger partial charge < -0.3 is 0 Å². The minimum Gasteiger partial charge on any atom is -0.254 e. The minimum absolute atomic E-state index is 0.456. The maximum atomic E-state index is 5.54.